The van der Waals surface area contributed by atoms with Crippen LogP contribution < -0.4 is 10.6 Å². The van der Waals surface area contributed by atoms with Crippen molar-refractivity contribution in [3.8, 4) is 11.1 Å². The first-order valence-electron chi connectivity index (χ1n) is 15.1. The lowest BCUT2D eigenvalue weighted by molar-refractivity contribution is -0.183. The van der Waals surface area contributed by atoms with Gasteiger partial charge in [0.15, 0.2) is 0 Å². The van der Waals surface area contributed by atoms with E-state index in [0.29, 0.717) is 35.4 Å². The van der Waals surface area contributed by atoms with Gasteiger partial charge in [-0.05, 0) is 77.8 Å². The SMILES string of the molecule is CC1[C@@H](NC(=O)[C@@H]2[C@H]([C@H](C)O)C(CO)ON2Cc2cccc(-c3ccc(NC(=O)N(C)C)cc3)c2)C[C@@H]2C[C@H]1C2(C)C. The van der Waals surface area contributed by atoms with E-state index in [1.165, 1.54) is 11.3 Å². The first-order valence-corrected chi connectivity index (χ1v) is 15.1. The molecular weight excluding hydrogens is 532 g/mol. The number of carbonyl (C=O) groups is 2. The Bertz CT molecular complexity index is 1280. The van der Waals surface area contributed by atoms with Gasteiger partial charge in [-0.3, -0.25) is 9.63 Å². The number of aliphatic hydroxyl groups is 2. The van der Waals surface area contributed by atoms with Gasteiger partial charge in [-0.1, -0.05) is 51.1 Å². The highest BCUT2D eigenvalue weighted by Crippen LogP contribution is 2.61. The summed E-state index contributed by atoms with van der Waals surface area (Å²) in [6, 6.07) is 14.8. The first-order chi connectivity index (χ1) is 19.9. The van der Waals surface area contributed by atoms with Gasteiger partial charge < -0.3 is 25.7 Å². The summed E-state index contributed by atoms with van der Waals surface area (Å²) in [4.78, 5) is 33.5. The number of hydrogen-bond acceptors (Lipinski definition) is 6. The number of aliphatic hydroxyl groups excluding tert-OH is 2. The first kappa shape index (κ1) is 30.5. The minimum atomic E-state index is -0.836. The highest BCUT2D eigenvalue weighted by Gasteiger charge is 2.57. The van der Waals surface area contributed by atoms with Crippen molar-refractivity contribution in [2.24, 2.45) is 29.1 Å². The number of anilines is 1. The topological polar surface area (TPSA) is 114 Å². The van der Waals surface area contributed by atoms with Gasteiger partial charge in [0.2, 0.25) is 5.91 Å². The number of benzene rings is 2. The molecule has 0 aromatic heterocycles. The predicted molar refractivity (Wildman–Crippen MR) is 162 cm³/mol. The molecule has 0 radical (unpaired) electrons. The van der Waals surface area contributed by atoms with Crippen LogP contribution in [0.3, 0.4) is 0 Å². The summed E-state index contributed by atoms with van der Waals surface area (Å²) in [5.74, 6) is 0.866. The molecule has 228 valence electrons. The maximum absolute atomic E-state index is 13.9. The fourth-order valence-corrected chi connectivity index (χ4v) is 7.49. The molecule has 2 unspecified atom stereocenters. The van der Waals surface area contributed by atoms with Gasteiger partial charge in [0.25, 0.3) is 0 Å². The van der Waals surface area contributed by atoms with E-state index in [-0.39, 0.29) is 24.6 Å². The van der Waals surface area contributed by atoms with Crippen molar-refractivity contribution in [1.82, 2.24) is 15.3 Å². The van der Waals surface area contributed by atoms with Crippen molar-refractivity contribution in [2.45, 2.75) is 71.4 Å². The second kappa shape index (κ2) is 12.0. The molecule has 4 fully saturated rings. The Kier molecular flexibility index (Phi) is 8.67. The van der Waals surface area contributed by atoms with E-state index >= 15 is 0 Å². The molecule has 0 spiro atoms. The Labute approximate surface area is 249 Å². The van der Waals surface area contributed by atoms with Gasteiger partial charge in [-0.25, -0.2) is 4.79 Å². The summed E-state index contributed by atoms with van der Waals surface area (Å²) in [6.45, 7) is 8.62. The van der Waals surface area contributed by atoms with E-state index in [9.17, 15) is 19.8 Å². The lowest BCUT2D eigenvalue weighted by Crippen LogP contribution is -2.62. The molecule has 1 saturated heterocycles. The van der Waals surface area contributed by atoms with Crippen LogP contribution >= 0.6 is 0 Å². The van der Waals surface area contributed by atoms with Crippen LogP contribution in [0.1, 0.15) is 46.1 Å². The third kappa shape index (κ3) is 5.80. The highest BCUT2D eigenvalue weighted by molar-refractivity contribution is 5.89. The van der Waals surface area contributed by atoms with Crippen LogP contribution in [0, 0.1) is 29.1 Å². The third-order valence-corrected chi connectivity index (χ3v) is 10.2. The minimum Gasteiger partial charge on any atom is -0.394 e. The summed E-state index contributed by atoms with van der Waals surface area (Å²) < 4.78 is 0. The average Bonchev–Trinajstić information content (AvgIpc) is 3.32. The number of hydroxylamine groups is 2. The molecule has 3 saturated carbocycles. The second-order valence-corrected chi connectivity index (χ2v) is 13.3. The van der Waals surface area contributed by atoms with E-state index in [1.807, 2.05) is 48.5 Å². The minimum absolute atomic E-state index is 0.0905. The molecule has 3 amide bonds. The smallest absolute Gasteiger partial charge is 0.321 e. The Morgan fingerprint density at radius 2 is 1.83 bits per heavy atom. The summed E-state index contributed by atoms with van der Waals surface area (Å²) in [7, 11) is 3.39. The summed E-state index contributed by atoms with van der Waals surface area (Å²) in [5, 5.41) is 28.6. The molecule has 6 rings (SSSR count). The number of nitrogens with zero attached hydrogens (tertiary/aromatic N) is 2. The van der Waals surface area contributed by atoms with Gasteiger partial charge in [0, 0.05) is 31.7 Å². The number of amides is 3. The zero-order chi connectivity index (χ0) is 30.3. The molecule has 4 N–H and O–H groups in total. The summed E-state index contributed by atoms with van der Waals surface area (Å²) >= 11 is 0. The lowest BCUT2D eigenvalue weighted by atomic mass is 9.45. The molecule has 9 heteroatoms. The van der Waals surface area contributed by atoms with E-state index < -0.39 is 24.2 Å². The number of carbonyl (C=O) groups excluding carboxylic acids is 2. The average molecular weight is 579 g/mol. The van der Waals surface area contributed by atoms with Crippen LogP contribution in [0.2, 0.25) is 0 Å². The van der Waals surface area contributed by atoms with E-state index in [2.05, 4.69) is 31.4 Å². The number of nitrogens with one attached hydrogen (secondary N) is 2. The molecule has 3 aliphatic carbocycles. The van der Waals surface area contributed by atoms with Gasteiger partial charge >= 0.3 is 6.03 Å². The number of urea groups is 1. The third-order valence-electron chi connectivity index (χ3n) is 10.2. The van der Waals surface area contributed by atoms with Crippen LogP contribution in [0.25, 0.3) is 11.1 Å². The van der Waals surface area contributed by atoms with Gasteiger partial charge in [0.1, 0.15) is 12.1 Å². The zero-order valence-electron chi connectivity index (χ0n) is 25.6. The lowest BCUT2D eigenvalue weighted by Gasteiger charge is -2.62. The molecule has 2 bridgehead atoms. The number of fused-ring (bicyclic) bond motifs is 2. The molecule has 1 aliphatic heterocycles. The Morgan fingerprint density at radius 3 is 2.43 bits per heavy atom. The Hall–Kier alpha value is -2.98. The maximum Gasteiger partial charge on any atom is 0.321 e. The van der Waals surface area contributed by atoms with Crippen LogP contribution in [0.5, 0.6) is 0 Å². The van der Waals surface area contributed by atoms with Crippen LogP contribution in [0.4, 0.5) is 10.5 Å². The quantitative estimate of drug-likeness (QED) is 0.375. The van der Waals surface area contributed by atoms with Gasteiger partial charge in [0.05, 0.1) is 19.3 Å². The van der Waals surface area contributed by atoms with Crippen molar-refractivity contribution < 1.29 is 24.6 Å². The maximum atomic E-state index is 13.9. The molecule has 2 aromatic carbocycles. The van der Waals surface area contributed by atoms with Crippen molar-refractivity contribution in [3.05, 3.63) is 54.1 Å². The second-order valence-electron chi connectivity index (χ2n) is 13.3. The van der Waals surface area contributed by atoms with Crippen molar-refractivity contribution >= 4 is 17.6 Å². The predicted octanol–water partition coefficient (Wildman–Crippen LogP) is 4.11. The molecular formula is C33H46N4O5. The van der Waals surface area contributed by atoms with Crippen molar-refractivity contribution in [1.29, 1.82) is 0 Å². The monoisotopic (exact) mass is 578 g/mol. The number of rotatable bonds is 8. The van der Waals surface area contributed by atoms with Crippen molar-refractivity contribution in [2.75, 3.05) is 26.0 Å². The summed E-state index contributed by atoms with van der Waals surface area (Å²) in [5.41, 5.74) is 3.94. The largest absolute Gasteiger partial charge is 0.394 e. The van der Waals surface area contributed by atoms with E-state index in [1.54, 1.807) is 26.1 Å². The highest BCUT2D eigenvalue weighted by atomic mass is 16.7. The molecule has 2 aromatic rings. The normalized spacial score (nSPS) is 30.7. The molecule has 8 atom stereocenters. The van der Waals surface area contributed by atoms with Crippen LogP contribution in [-0.2, 0) is 16.2 Å². The standard InChI is InChI=1S/C33H46N4O5/c1-19-26-15-24(33(26,3)4)16-27(19)35-31(40)30-29(20(2)39)28(18-38)42-37(30)17-21-8-7-9-23(14-21)22-10-12-25(13-11-22)34-32(41)36(5)6/h7-14,19-20,24,26-30,38-39H,15-18H2,1-6H3,(H,34,41)(H,35,40)/t19?,20-,24-,26+,27-,28?,29+,30-/m0/s1. The zero-order valence-corrected chi connectivity index (χ0v) is 25.6. The fraction of sp³-hybridized carbons (Fsp3) is 0.576. The van der Waals surface area contributed by atoms with E-state index in [0.717, 1.165) is 23.1 Å². The molecule has 9 nitrogen and oxygen atoms in total. The van der Waals surface area contributed by atoms with Crippen LogP contribution in [-0.4, -0.2) is 77.1 Å². The van der Waals surface area contributed by atoms with E-state index in [4.69, 9.17) is 4.84 Å². The Morgan fingerprint density at radius 1 is 1.12 bits per heavy atom. The fourth-order valence-electron chi connectivity index (χ4n) is 7.49. The van der Waals surface area contributed by atoms with Crippen LogP contribution in [0.15, 0.2) is 48.5 Å². The van der Waals surface area contributed by atoms with Crippen molar-refractivity contribution in [3.63, 3.8) is 0 Å². The van der Waals surface area contributed by atoms with Gasteiger partial charge in [-0.15, -0.1) is 0 Å². The molecule has 4 aliphatic rings. The Balaban J connectivity index is 1.32. The van der Waals surface area contributed by atoms with Gasteiger partial charge in [-0.2, -0.15) is 5.06 Å². The number of hydrogen-bond donors (Lipinski definition) is 4. The molecule has 42 heavy (non-hydrogen) atoms. The summed E-state index contributed by atoms with van der Waals surface area (Å²) in [6.07, 6.45) is 0.681. The molecule has 1 heterocycles.